The highest BCUT2D eigenvalue weighted by Gasteiger charge is 2.58. The predicted molar refractivity (Wildman–Crippen MR) is 143 cm³/mol. The van der Waals surface area contributed by atoms with Crippen LogP contribution in [0.25, 0.3) is 16.9 Å². The Kier molecular flexibility index (Phi) is 7.59. The van der Waals surface area contributed by atoms with Crippen molar-refractivity contribution in [2.75, 3.05) is 13.2 Å². The van der Waals surface area contributed by atoms with E-state index in [-0.39, 0.29) is 28.3 Å². The van der Waals surface area contributed by atoms with Gasteiger partial charge in [-0.2, -0.15) is 31.4 Å². The third-order valence-electron chi connectivity index (χ3n) is 7.41. The molecule has 0 fully saturated rings. The molecule has 5 rings (SSSR count). The second-order valence-electron chi connectivity index (χ2n) is 10.4. The Hall–Kier alpha value is -4.99. The maximum atomic E-state index is 14.6. The zero-order valence-electron chi connectivity index (χ0n) is 23.0. The number of carbonyl (C=O) groups excluding carboxylic acids is 2. The van der Waals surface area contributed by atoms with Gasteiger partial charge in [0.1, 0.15) is 29.3 Å². The third-order valence-corrected chi connectivity index (χ3v) is 7.41. The number of benzene rings is 2. The summed E-state index contributed by atoms with van der Waals surface area (Å²) in [5, 5.41) is 16.4. The number of hydrogen-bond donors (Lipinski definition) is 3. The molecule has 236 valence electrons. The lowest BCUT2D eigenvalue weighted by atomic mass is 9.81. The summed E-state index contributed by atoms with van der Waals surface area (Å²) in [6, 6.07) is 11.9. The number of primary amides is 1. The SMILES string of the molecule is C[C@]1(C(N)=O)COc2c1cc([C@@](O)(CNC(=O)c1cnn(-c3ccccc3)c1C(F)(F)F)C(F)(F)F)nc2-c1ccc(F)cc1. The first-order valence-corrected chi connectivity index (χ1v) is 13.0. The topological polar surface area (TPSA) is 132 Å². The molecule has 4 N–H and O–H groups in total. The largest absolute Gasteiger partial charge is 0.489 e. The van der Waals surface area contributed by atoms with Crippen molar-refractivity contribution in [3.8, 4) is 22.7 Å². The molecule has 2 aromatic heterocycles. The van der Waals surface area contributed by atoms with Crippen molar-refractivity contribution in [1.29, 1.82) is 0 Å². The molecule has 2 amide bonds. The number of amides is 2. The summed E-state index contributed by atoms with van der Waals surface area (Å²) in [5.41, 5.74) is -4.52. The number of pyridine rings is 1. The van der Waals surface area contributed by atoms with Gasteiger partial charge in [0.15, 0.2) is 5.69 Å². The highest BCUT2D eigenvalue weighted by atomic mass is 19.4. The van der Waals surface area contributed by atoms with Crippen molar-refractivity contribution in [3.63, 3.8) is 0 Å². The number of ether oxygens (including phenoxy) is 1. The zero-order chi connectivity index (χ0) is 32.9. The molecule has 0 spiro atoms. The number of halogens is 7. The second kappa shape index (κ2) is 10.9. The summed E-state index contributed by atoms with van der Waals surface area (Å²) in [7, 11) is 0. The number of carbonyl (C=O) groups is 2. The Morgan fingerprint density at radius 3 is 2.29 bits per heavy atom. The van der Waals surface area contributed by atoms with Gasteiger partial charge in [-0.3, -0.25) is 9.59 Å². The molecule has 1 aliphatic heterocycles. The monoisotopic (exact) mass is 637 g/mol. The van der Waals surface area contributed by atoms with Crippen LogP contribution >= 0.6 is 0 Å². The third kappa shape index (κ3) is 5.45. The molecular weight excluding hydrogens is 615 g/mol. The van der Waals surface area contributed by atoms with Crippen LogP contribution in [0, 0.1) is 5.82 Å². The highest BCUT2D eigenvalue weighted by Crippen LogP contribution is 2.47. The number of hydrogen-bond acceptors (Lipinski definition) is 6. The summed E-state index contributed by atoms with van der Waals surface area (Å²) < 4.78 is 106. The summed E-state index contributed by atoms with van der Waals surface area (Å²) in [6.45, 7) is -0.813. The molecule has 16 heteroatoms. The number of aliphatic hydroxyl groups is 1. The van der Waals surface area contributed by atoms with Gasteiger partial charge in [-0.05, 0) is 49.4 Å². The fraction of sp³-hybridized carbons (Fsp3) is 0.241. The molecule has 3 heterocycles. The minimum Gasteiger partial charge on any atom is -0.489 e. The van der Waals surface area contributed by atoms with Crippen molar-refractivity contribution in [3.05, 3.63) is 95.2 Å². The van der Waals surface area contributed by atoms with Crippen LogP contribution in [0.4, 0.5) is 30.7 Å². The molecule has 9 nitrogen and oxygen atoms in total. The number of rotatable bonds is 7. The van der Waals surface area contributed by atoms with Crippen LogP contribution in [0.5, 0.6) is 5.75 Å². The number of nitrogens with one attached hydrogen (secondary N) is 1. The zero-order valence-corrected chi connectivity index (χ0v) is 23.0. The molecular formula is C29H22F7N5O4. The molecule has 0 saturated carbocycles. The molecule has 0 aliphatic carbocycles. The lowest BCUT2D eigenvalue weighted by molar-refractivity contribution is -0.265. The molecule has 1 aliphatic rings. The van der Waals surface area contributed by atoms with Crippen molar-refractivity contribution in [2.45, 2.75) is 30.3 Å². The van der Waals surface area contributed by atoms with E-state index in [1.54, 1.807) is 5.32 Å². The number of alkyl halides is 6. The Morgan fingerprint density at radius 1 is 1.07 bits per heavy atom. The van der Waals surface area contributed by atoms with Gasteiger partial charge in [-0.25, -0.2) is 14.1 Å². The van der Waals surface area contributed by atoms with E-state index in [9.17, 15) is 45.4 Å². The van der Waals surface area contributed by atoms with E-state index in [0.29, 0.717) is 10.9 Å². The number of para-hydroxylation sites is 1. The van der Waals surface area contributed by atoms with Gasteiger partial charge in [0.05, 0.1) is 29.7 Å². The Balaban J connectivity index is 1.59. The van der Waals surface area contributed by atoms with E-state index in [4.69, 9.17) is 10.5 Å². The molecule has 0 unspecified atom stereocenters. The van der Waals surface area contributed by atoms with E-state index >= 15 is 0 Å². The fourth-order valence-electron chi connectivity index (χ4n) is 4.79. The van der Waals surface area contributed by atoms with Crippen LogP contribution in [-0.4, -0.2) is 51.0 Å². The van der Waals surface area contributed by atoms with Crippen LogP contribution < -0.4 is 15.8 Å². The van der Waals surface area contributed by atoms with Crippen LogP contribution in [0.15, 0.2) is 66.9 Å². The molecule has 2 aromatic carbocycles. The maximum absolute atomic E-state index is 14.6. The fourth-order valence-corrected chi connectivity index (χ4v) is 4.79. The van der Waals surface area contributed by atoms with Gasteiger partial charge in [0.25, 0.3) is 5.91 Å². The second-order valence-corrected chi connectivity index (χ2v) is 10.4. The average Bonchev–Trinajstić information content (AvgIpc) is 3.59. The number of nitrogens with two attached hydrogens (primary N) is 1. The van der Waals surface area contributed by atoms with Crippen LogP contribution in [0.3, 0.4) is 0 Å². The van der Waals surface area contributed by atoms with E-state index in [0.717, 1.165) is 18.2 Å². The van der Waals surface area contributed by atoms with E-state index < -0.39 is 71.1 Å². The van der Waals surface area contributed by atoms with E-state index in [1.165, 1.54) is 49.4 Å². The molecule has 2 atom stereocenters. The molecule has 0 radical (unpaired) electrons. The first-order valence-electron chi connectivity index (χ1n) is 13.0. The van der Waals surface area contributed by atoms with Gasteiger partial charge in [0.2, 0.25) is 11.5 Å². The summed E-state index contributed by atoms with van der Waals surface area (Å²) >= 11 is 0. The smallest absolute Gasteiger partial charge is 0.434 e. The molecule has 0 bridgehead atoms. The molecule has 45 heavy (non-hydrogen) atoms. The van der Waals surface area contributed by atoms with Crippen LogP contribution in [-0.2, 0) is 22.0 Å². The van der Waals surface area contributed by atoms with Gasteiger partial charge >= 0.3 is 12.4 Å². The van der Waals surface area contributed by atoms with Gasteiger partial charge in [0, 0.05) is 11.1 Å². The number of fused-ring (bicyclic) bond motifs is 1. The lowest BCUT2D eigenvalue weighted by Crippen LogP contribution is -2.52. The number of nitrogens with zero attached hydrogens (tertiary/aromatic N) is 3. The van der Waals surface area contributed by atoms with Crippen molar-refractivity contribution >= 4 is 11.8 Å². The first-order chi connectivity index (χ1) is 21.0. The van der Waals surface area contributed by atoms with Crippen LogP contribution in [0.1, 0.15) is 34.2 Å². The predicted octanol–water partition coefficient (Wildman–Crippen LogP) is 4.41. The minimum atomic E-state index is -5.58. The maximum Gasteiger partial charge on any atom is 0.434 e. The average molecular weight is 638 g/mol. The van der Waals surface area contributed by atoms with Gasteiger partial charge in [-0.15, -0.1) is 0 Å². The Labute approximate surface area is 249 Å². The van der Waals surface area contributed by atoms with Crippen molar-refractivity contribution in [1.82, 2.24) is 20.1 Å². The highest BCUT2D eigenvalue weighted by molar-refractivity contribution is 5.95. The van der Waals surface area contributed by atoms with Crippen molar-refractivity contribution < 1.29 is 50.2 Å². The number of aromatic nitrogens is 3. The normalized spacial score (nSPS) is 17.7. The minimum absolute atomic E-state index is 0.0416. The van der Waals surface area contributed by atoms with E-state index in [2.05, 4.69) is 10.1 Å². The van der Waals surface area contributed by atoms with E-state index in [1.807, 2.05) is 0 Å². The quantitative estimate of drug-likeness (QED) is 0.258. The summed E-state index contributed by atoms with van der Waals surface area (Å²) in [5.74, 6) is -3.44. The summed E-state index contributed by atoms with van der Waals surface area (Å²) in [4.78, 5) is 29.3. The van der Waals surface area contributed by atoms with Crippen molar-refractivity contribution in [2.24, 2.45) is 5.73 Å². The van der Waals surface area contributed by atoms with Crippen LogP contribution in [0.2, 0.25) is 0 Å². The van der Waals surface area contributed by atoms with Gasteiger partial charge in [-0.1, -0.05) is 18.2 Å². The standard InChI is InChI=1S/C29H22F7N5O4/c1-26(25(37)43)14-45-22-19(26)11-20(40-21(22)15-7-9-16(30)10-8-15)27(44,29(34,35)36)13-38-24(42)18-12-39-41(23(18)28(31,32)33)17-5-3-2-4-6-17/h2-12,44H,13-14H2,1H3,(H2,37,43)(H,38,42)/t26-,27-/m0/s1. The Bertz CT molecular complexity index is 1770. The molecule has 0 saturated heterocycles. The lowest BCUT2D eigenvalue weighted by Gasteiger charge is -2.31. The molecule has 4 aromatic rings. The first kappa shape index (κ1) is 31.4. The summed E-state index contributed by atoms with van der Waals surface area (Å²) in [6.07, 6.45) is -10.2. The van der Waals surface area contributed by atoms with Gasteiger partial charge < -0.3 is 20.9 Å². The Morgan fingerprint density at radius 2 is 1.71 bits per heavy atom.